The van der Waals surface area contributed by atoms with Gasteiger partial charge in [0.05, 0.1) is 4.88 Å². The molecule has 1 aromatic carbocycles. The van der Waals surface area contributed by atoms with Gasteiger partial charge in [-0.2, -0.15) is 0 Å². The fourth-order valence-corrected chi connectivity index (χ4v) is 2.61. The average Bonchev–Trinajstić information content (AvgIpc) is 2.79. The average molecular weight is 281 g/mol. The Morgan fingerprint density at radius 1 is 1.39 bits per heavy atom. The molecule has 2 nitrogen and oxygen atoms in total. The van der Waals surface area contributed by atoms with Crippen LogP contribution in [0.2, 0.25) is 5.02 Å². The summed E-state index contributed by atoms with van der Waals surface area (Å²) in [5.74, 6) is 0. The lowest BCUT2D eigenvalue weighted by atomic mass is 10.1. The molecule has 0 spiro atoms. The summed E-state index contributed by atoms with van der Waals surface area (Å²) in [4.78, 5) is 5.59. The van der Waals surface area contributed by atoms with Crippen molar-refractivity contribution in [3.63, 3.8) is 0 Å². The molecule has 96 valence electrons. The maximum absolute atomic E-state index is 6.15. The molecule has 0 atom stereocenters. The molecule has 0 amide bonds. The van der Waals surface area contributed by atoms with Crippen molar-refractivity contribution < 1.29 is 0 Å². The first-order chi connectivity index (χ1) is 8.56. The summed E-state index contributed by atoms with van der Waals surface area (Å²) in [7, 11) is 0. The fourth-order valence-electron chi connectivity index (χ4n) is 1.56. The first kappa shape index (κ1) is 13.5. The van der Waals surface area contributed by atoms with E-state index < -0.39 is 0 Å². The molecular formula is C14H17ClN2S. The Balaban J connectivity index is 2.16. The number of rotatable bonds is 4. The van der Waals surface area contributed by atoms with E-state index in [1.165, 1.54) is 0 Å². The summed E-state index contributed by atoms with van der Waals surface area (Å²) < 4.78 is 0. The lowest BCUT2D eigenvalue weighted by Crippen LogP contribution is -2.21. The normalized spacial score (nSPS) is 11.2. The molecule has 0 radical (unpaired) electrons. The second kappa shape index (κ2) is 5.83. The van der Waals surface area contributed by atoms with Crippen LogP contribution in [0.25, 0.3) is 10.4 Å². The number of benzene rings is 1. The lowest BCUT2D eigenvalue weighted by molar-refractivity contribution is 0.587. The summed E-state index contributed by atoms with van der Waals surface area (Å²) in [5.41, 5.74) is 2.24. The molecule has 1 N–H and O–H groups in total. The second-order valence-corrected chi connectivity index (χ2v) is 6.14. The molecular weight excluding hydrogens is 264 g/mol. The van der Waals surface area contributed by atoms with Crippen LogP contribution in [-0.2, 0) is 6.54 Å². The van der Waals surface area contributed by atoms with Gasteiger partial charge in [0.15, 0.2) is 0 Å². The monoisotopic (exact) mass is 280 g/mol. The summed E-state index contributed by atoms with van der Waals surface area (Å²) in [6.45, 7) is 7.10. The van der Waals surface area contributed by atoms with E-state index in [9.17, 15) is 0 Å². The van der Waals surface area contributed by atoms with Crippen molar-refractivity contribution in [3.05, 3.63) is 40.0 Å². The molecule has 0 aliphatic heterocycles. The standard InChI is InChI=1S/C14H17ClN2S/c1-9(2)16-8-14-17-7-13(18-14)11-5-4-10(3)12(15)6-11/h4-7,9,16H,8H2,1-3H3. The molecule has 18 heavy (non-hydrogen) atoms. The third-order valence-corrected chi connectivity index (χ3v) is 4.13. The molecule has 0 fully saturated rings. The molecule has 2 rings (SSSR count). The zero-order valence-electron chi connectivity index (χ0n) is 10.8. The third kappa shape index (κ3) is 3.31. The predicted octanol–water partition coefficient (Wildman–Crippen LogP) is 4.27. The predicted molar refractivity (Wildman–Crippen MR) is 79.3 cm³/mol. The van der Waals surface area contributed by atoms with Crippen LogP contribution >= 0.6 is 22.9 Å². The third-order valence-electron chi connectivity index (χ3n) is 2.67. The van der Waals surface area contributed by atoms with Crippen LogP contribution in [0.15, 0.2) is 24.4 Å². The van der Waals surface area contributed by atoms with E-state index in [4.69, 9.17) is 11.6 Å². The van der Waals surface area contributed by atoms with Gasteiger partial charge < -0.3 is 5.32 Å². The van der Waals surface area contributed by atoms with Gasteiger partial charge in [0.1, 0.15) is 5.01 Å². The second-order valence-electron chi connectivity index (χ2n) is 4.62. The van der Waals surface area contributed by atoms with Crippen molar-refractivity contribution >= 4 is 22.9 Å². The Bertz CT molecular complexity index is 534. The van der Waals surface area contributed by atoms with E-state index >= 15 is 0 Å². The summed E-state index contributed by atoms with van der Waals surface area (Å²) in [6, 6.07) is 6.62. The highest BCUT2D eigenvalue weighted by Gasteiger charge is 2.06. The van der Waals surface area contributed by atoms with Crippen LogP contribution < -0.4 is 5.32 Å². The maximum atomic E-state index is 6.15. The number of nitrogens with zero attached hydrogens (tertiary/aromatic N) is 1. The van der Waals surface area contributed by atoms with Gasteiger partial charge in [0.25, 0.3) is 0 Å². The minimum Gasteiger partial charge on any atom is -0.308 e. The number of halogens is 1. The molecule has 0 aliphatic carbocycles. The highest BCUT2D eigenvalue weighted by molar-refractivity contribution is 7.15. The van der Waals surface area contributed by atoms with Crippen LogP contribution in [0.1, 0.15) is 24.4 Å². The topological polar surface area (TPSA) is 24.9 Å². The van der Waals surface area contributed by atoms with Crippen molar-refractivity contribution in [1.29, 1.82) is 0 Å². The zero-order chi connectivity index (χ0) is 13.1. The SMILES string of the molecule is Cc1ccc(-c2cnc(CNC(C)C)s2)cc1Cl. The van der Waals surface area contributed by atoms with Gasteiger partial charge >= 0.3 is 0 Å². The highest BCUT2D eigenvalue weighted by atomic mass is 35.5. The van der Waals surface area contributed by atoms with Crippen LogP contribution in [-0.4, -0.2) is 11.0 Å². The molecule has 4 heteroatoms. The van der Waals surface area contributed by atoms with E-state index in [0.29, 0.717) is 6.04 Å². The Kier molecular flexibility index (Phi) is 4.38. The first-order valence-electron chi connectivity index (χ1n) is 6.01. The number of nitrogens with one attached hydrogen (secondary N) is 1. The van der Waals surface area contributed by atoms with E-state index in [1.54, 1.807) is 11.3 Å². The van der Waals surface area contributed by atoms with Gasteiger partial charge in [0, 0.05) is 23.8 Å². The maximum Gasteiger partial charge on any atom is 0.107 e. The Labute approximate surface area is 117 Å². The first-order valence-corrected chi connectivity index (χ1v) is 7.20. The van der Waals surface area contributed by atoms with Gasteiger partial charge in [-0.15, -0.1) is 11.3 Å². The summed E-state index contributed by atoms with van der Waals surface area (Å²) in [5, 5.41) is 5.28. The van der Waals surface area contributed by atoms with Crippen LogP contribution in [0.3, 0.4) is 0 Å². The van der Waals surface area contributed by atoms with Gasteiger partial charge in [-0.3, -0.25) is 0 Å². The van der Waals surface area contributed by atoms with Crippen molar-refractivity contribution in [2.75, 3.05) is 0 Å². The molecule has 0 aliphatic rings. The Hall–Kier alpha value is -0.900. The minimum absolute atomic E-state index is 0.478. The van der Waals surface area contributed by atoms with Gasteiger partial charge in [-0.25, -0.2) is 4.98 Å². The van der Waals surface area contributed by atoms with Crippen molar-refractivity contribution in [1.82, 2.24) is 10.3 Å². The summed E-state index contributed by atoms with van der Waals surface area (Å²) >= 11 is 7.86. The smallest absolute Gasteiger partial charge is 0.107 e. The Morgan fingerprint density at radius 3 is 2.83 bits per heavy atom. The molecule has 0 bridgehead atoms. The molecule has 2 aromatic rings. The van der Waals surface area contributed by atoms with E-state index in [-0.39, 0.29) is 0 Å². The van der Waals surface area contributed by atoms with Crippen molar-refractivity contribution in [2.24, 2.45) is 0 Å². The van der Waals surface area contributed by atoms with E-state index in [1.807, 2.05) is 25.3 Å². The molecule has 1 aromatic heterocycles. The molecule has 0 saturated heterocycles. The number of hydrogen-bond donors (Lipinski definition) is 1. The van der Waals surface area contributed by atoms with E-state index in [2.05, 4.69) is 30.2 Å². The van der Waals surface area contributed by atoms with Crippen molar-refractivity contribution in [3.8, 4) is 10.4 Å². The Morgan fingerprint density at radius 2 is 2.17 bits per heavy atom. The fraction of sp³-hybridized carbons (Fsp3) is 0.357. The molecule has 0 saturated carbocycles. The van der Waals surface area contributed by atoms with E-state index in [0.717, 1.165) is 32.6 Å². The van der Waals surface area contributed by atoms with Crippen molar-refractivity contribution in [2.45, 2.75) is 33.4 Å². The van der Waals surface area contributed by atoms with Crippen LogP contribution in [0, 0.1) is 6.92 Å². The molecule has 1 heterocycles. The number of aromatic nitrogens is 1. The number of aryl methyl sites for hydroxylation is 1. The van der Waals surface area contributed by atoms with Gasteiger partial charge in [0.2, 0.25) is 0 Å². The lowest BCUT2D eigenvalue weighted by Gasteiger charge is -2.04. The van der Waals surface area contributed by atoms with Crippen LogP contribution in [0.4, 0.5) is 0 Å². The largest absolute Gasteiger partial charge is 0.308 e. The van der Waals surface area contributed by atoms with Gasteiger partial charge in [-0.1, -0.05) is 37.6 Å². The number of thiazole rings is 1. The van der Waals surface area contributed by atoms with Gasteiger partial charge in [-0.05, 0) is 24.1 Å². The summed E-state index contributed by atoms with van der Waals surface area (Å²) in [6.07, 6.45) is 1.92. The minimum atomic E-state index is 0.478. The molecule has 0 unspecified atom stereocenters. The van der Waals surface area contributed by atoms with Crippen LogP contribution in [0.5, 0.6) is 0 Å². The zero-order valence-corrected chi connectivity index (χ0v) is 12.4. The number of hydrogen-bond acceptors (Lipinski definition) is 3. The quantitative estimate of drug-likeness (QED) is 0.905. The highest BCUT2D eigenvalue weighted by Crippen LogP contribution is 2.29.